The molecule has 0 N–H and O–H groups in total. The fourth-order valence-corrected chi connectivity index (χ4v) is 0.740. The molecular weight excluding hydrogens is 208 g/mol. The van der Waals surface area contributed by atoms with Crippen LogP contribution in [-0.4, -0.2) is 15.9 Å². The molecule has 0 aliphatic carbocycles. The minimum atomic E-state index is -4.56. The van der Waals surface area contributed by atoms with Crippen LogP contribution in [0, 0.1) is 0 Å². The molecule has 0 saturated carbocycles. The van der Waals surface area contributed by atoms with E-state index in [-0.39, 0.29) is 24.6 Å². The van der Waals surface area contributed by atoms with Crippen LogP contribution in [0.25, 0.3) is 0 Å². The van der Waals surface area contributed by atoms with Crippen LogP contribution in [0.15, 0.2) is 12.4 Å². The Hall–Kier alpha value is -1.06. The topological polar surface area (TPSA) is 65.9 Å². The second-order valence-electron chi connectivity index (χ2n) is 2.44. The molecule has 0 spiro atoms. The van der Waals surface area contributed by atoms with Crippen molar-refractivity contribution in [3.63, 3.8) is 0 Å². The van der Waals surface area contributed by atoms with E-state index in [1.54, 1.807) is 0 Å². The Bertz CT molecular complexity index is 339. The standard InChI is InChI=1S/C7H5F3N2O2.Li/c8-7(9,10)5-3-11-4(2-12-5)1-6(13)14;/h2-3H,1H2,(H,13,14);/q;+1/p-1. The molecule has 1 aromatic rings. The van der Waals surface area contributed by atoms with E-state index in [2.05, 4.69) is 9.97 Å². The van der Waals surface area contributed by atoms with Gasteiger partial charge in [-0.1, -0.05) is 0 Å². The summed E-state index contributed by atoms with van der Waals surface area (Å²) in [5.74, 6) is -1.42. The monoisotopic (exact) mass is 212 g/mol. The van der Waals surface area contributed by atoms with Crippen LogP contribution in [0.1, 0.15) is 11.4 Å². The first-order valence-corrected chi connectivity index (χ1v) is 3.47. The van der Waals surface area contributed by atoms with Crippen LogP contribution in [0.3, 0.4) is 0 Å². The van der Waals surface area contributed by atoms with E-state index in [1.165, 1.54) is 0 Å². The summed E-state index contributed by atoms with van der Waals surface area (Å²) in [5, 5.41) is 10.0. The number of alkyl halides is 3. The van der Waals surface area contributed by atoms with Gasteiger partial charge in [-0.15, -0.1) is 0 Å². The molecule has 0 aromatic carbocycles. The average molecular weight is 212 g/mol. The fourth-order valence-electron chi connectivity index (χ4n) is 0.740. The summed E-state index contributed by atoms with van der Waals surface area (Å²) in [7, 11) is 0. The number of halogens is 3. The molecule has 1 heterocycles. The largest absolute Gasteiger partial charge is 1.00 e. The van der Waals surface area contributed by atoms with E-state index in [9.17, 15) is 23.1 Å². The summed E-state index contributed by atoms with van der Waals surface area (Å²) in [4.78, 5) is 16.4. The van der Waals surface area contributed by atoms with Gasteiger partial charge in [0.15, 0.2) is 5.69 Å². The minimum absolute atomic E-state index is 0. The summed E-state index contributed by atoms with van der Waals surface area (Å²) in [6.07, 6.45) is -3.87. The Morgan fingerprint density at radius 2 is 1.93 bits per heavy atom. The first-order valence-electron chi connectivity index (χ1n) is 3.47. The Morgan fingerprint density at radius 1 is 1.33 bits per heavy atom. The molecule has 0 atom stereocenters. The predicted molar refractivity (Wildman–Crippen MR) is 35.7 cm³/mol. The molecule has 0 fully saturated rings. The molecule has 0 bridgehead atoms. The number of nitrogens with zero attached hydrogens (tertiary/aromatic N) is 2. The third kappa shape index (κ3) is 4.32. The van der Waals surface area contributed by atoms with Crippen LogP contribution in [0.4, 0.5) is 13.2 Å². The van der Waals surface area contributed by atoms with Gasteiger partial charge in [-0.2, -0.15) is 13.2 Å². The van der Waals surface area contributed by atoms with Crippen LogP contribution >= 0.6 is 0 Å². The second-order valence-corrected chi connectivity index (χ2v) is 2.44. The summed E-state index contributed by atoms with van der Waals surface area (Å²) < 4.78 is 35.9. The summed E-state index contributed by atoms with van der Waals surface area (Å²) >= 11 is 0. The SMILES string of the molecule is O=C([O-])Cc1cnc(C(F)(F)F)cn1.[Li+]. The van der Waals surface area contributed by atoms with E-state index in [0.717, 1.165) is 6.20 Å². The third-order valence-corrected chi connectivity index (χ3v) is 1.32. The van der Waals surface area contributed by atoms with Gasteiger partial charge in [-0.05, 0) is 0 Å². The summed E-state index contributed by atoms with van der Waals surface area (Å²) in [5.41, 5.74) is -1.22. The number of carboxylic acid groups (broad SMARTS) is 1. The van der Waals surface area contributed by atoms with Crippen molar-refractivity contribution in [1.29, 1.82) is 0 Å². The van der Waals surface area contributed by atoms with Crippen molar-refractivity contribution in [2.24, 2.45) is 0 Å². The molecule has 15 heavy (non-hydrogen) atoms. The van der Waals surface area contributed by atoms with E-state index < -0.39 is 24.3 Å². The Balaban J connectivity index is 0.00000196. The van der Waals surface area contributed by atoms with Crippen LogP contribution in [-0.2, 0) is 17.4 Å². The van der Waals surface area contributed by atoms with Gasteiger partial charge in [-0.3, -0.25) is 4.98 Å². The number of hydrogen-bond acceptors (Lipinski definition) is 4. The molecule has 0 unspecified atom stereocenters. The maximum absolute atomic E-state index is 12.0. The molecule has 4 nitrogen and oxygen atoms in total. The van der Waals surface area contributed by atoms with Gasteiger partial charge < -0.3 is 9.90 Å². The van der Waals surface area contributed by atoms with Crippen molar-refractivity contribution >= 4 is 5.97 Å². The first-order chi connectivity index (χ1) is 6.39. The maximum atomic E-state index is 12.0. The number of aliphatic carboxylic acids is 1. The second kappa shape index (κ2) is 5.14. The van der Waals surface area contributed by atoms with E-state index >= 15 is 0 Å². The molecule has 76 valence electrons. The number of carbonyl (C=O) groups is 1. The Kier molecular flexibility index (Phi) is 4.78. The molecule has 0 aliphatic rings. The van der Waals surface area contributed by atoms with Gasteiger partial charge in [0.05, 0.1) is 11.9 Å². The van der Waals surface area contributed by atoms with Crippen molar-refractivity contribution < 1.29 is 41.9 Å². The Labute approximate surface area is 94.7 Å². The van der Waals surface area contributed by atoms with Gasteiger partial charge >= 0.3 is 25.0 Å². The number of hydrogen-bond donors (Lipinski definition) is 0. The molecule has 0 aliphatic heterocycles. The smallest absolute Gasteiger partial charge is 0.550 e. The molecule has 8 heteroatoms. The van der Waals surface area contributed by atoms with Crippen molar-refractivity contribution in [3.05, 3.63) is 23.8 Å². The molecule has 1 rings (SSSR count). The predicted octanol–water partition coefficient (Wildman–Crippen LogP) is -3.21. The summed E-state index contributed by atoms with van der Waals surface area (Å²) in [6.45, 7) is 0. The van der Waals surface area contributed by atoms with Crippen LogP contribution < -0.4 is 24.0 Å². The maximum Gasteiger partial charge on any atom is 1.00 e. The quantitative estimate of drug-likeness (QED) is 0.484. The van der Waals surface area contributed by atoms with E-state index in [1.807, 2.05) is 0 Å². The minimum Gasteiger partial charge on any atom is -0.550 e. The van der Waals surface area contributed by atoms with Crippen molar-refractivity contribution in [2.45, 2.75) is 12.6 Å². The van der Waals surface area contributed by atoms with Gasteiger partial charge in [0.2, 0.25) is 0 Å². The molecule has 0 radical (unpaired) electrons. The van der Waals surface area contributed by atoms with Gasteiger partial charge in [0, 0.05) is 18.6 Å². The van der Waals surface area contributed by atoms with Gasteiger partial charge in [-0.25, -0.2) is 4.98 Å². The van der Waals surface area contributed by atoms with Crippen molar-refractivity contribution in [2.75, 3.05) is 0 Å². The number of aromatic nitrogens is 2. The van der Waals surface area contributed by atoms with Gasteiger partial charge in [0.25, 0.3) is 0 Å². The number of rotatable bonds is 2. The summed E-state index contributed by atoms with van der Waals surface area (Å²) in [6, 6.07) is 0. The molecule has 1 aromatic heterocycles. The number of carbonyl (C=O) groups excluding carboxylic acids is 1. The van der Waals surface area contributed by atoms with E-state index in [4.69, 9.17) is 0 Å². The van der Waals surface area contributed by atoms with Crippen LogP contribution in [0.5, 0.6) is 0 Å². The zero-order chi connectivity index (χ0) is 10.8. The third-order valence-electron chi connectivity index (χ3n) is 1.32. The normalized spacial score (nSPS) is 10.6. The van der Waals surface area contributed by atoms with Crippen molar-refractivity contribution in [3.8, 4) is 0 Å². The van der Waals surface area contributed by atoms with E-state index in [0.29, 0.717) is 6.20 Å². The first kappa shape index (κ1) is 13.9. The molecular formula is C7H4F3LiN2O2. The van der Waals surface area contributed by atoms with Crippen molar-refractivity contribution in [1.82, 2.24) is 9.97 Å². The fraction of sp³-hybridized carbons (Fsp3) is 0.286. The van der Waals surface area contributed by atoms with Crippen LogP contribution in [0.2, 0.25) is 0 Å². The molecule has 0 saturated heterocycles. The zero-order valence-corrected chi connectivity index (χ0v) is 7.71. The Morgan fingerprint density at radius 3 is 2.27 bits per heavy atom. The zero-order valence-electron chi connectivity index (χ0n) is 7.71. The van der Waals surface area contributed by atoms with Gasteiger partial charge in [0.1, 0.15) is 0 Å². The molecule has 0 amide bonds. The average Bonchev–Trinajstić information content (AvgIpc) is 2.02. The number of carboxylic acids is 1.